The lowest BCUT2D eigenvalue weighted by Gasteiger charge is -2.17. The van der Waals surface area contributed by atoms with E-state index in [4.69, 9.17) is 5.11 Å². The largest absolute Gasteiger partial charge is 0.390 e. The van der Waals surface area contributed by atoms with E-state index in [-0.39, 0.29) is 6.04 Å². The maximum Gasteiger partial charge on any atom is 0.282 e. The molecule has 1 heterocycles. The molecule has 80 valence electrons. The molecule has 0 saturated carbocycles. The third-order valence-corrected chi connectivity index (χ3v) is 2.73. The van der Waals surface area contributed by atoms with Gasteiger partial charge in [0.15, 0.2) is 0 Å². The molecular weight excluding hydrogens is 210 g/mol. The van der Waals surface area contributed by atoms with Crippen LogP contribution in [0.1, 0.15) is 17.8 Å². The summed E-state index contributed by atoms with van der Waals surface area (Å²) in [6.07, 6.45) is 1.64. The normalized spacial score (nSPS) is 14.3. The second kappa shape index (κ2) is 4.77. The van der Waals surface area contributed by atoms with Crippen LogP contribution in [0.25, 0.3) is 0 Å². The molecule has 0 amide bonds. The number of hydrogen-bond acceptors (Lipinski definition) is 4. The minimum atomic E-state index is -3.06. The fraction of sp³-hybridized carbons (Fsp3) is 0.625. The van der Waals surface area contributed by atoms with Gasteiger partial charge < -0.3 is 10.4 Å². The number of aliphatic hydroxyl groups is 1. The first kappa shape index (κ1) is 11.5. The zero-order valence-electron chi connectivity index (χ0n) is 7.70. The Balaban J connectivity index is 2.39. The Kier molecular flexibility index (Phi) is 3.91. The van der Waals surface area contributed by atoms with Crippen LogP contribution in [0.3, 0.4) is 0 Å². The highest BCUT2D eigenvalue weighted by atomic mass is 32.1. The summed E-state index contributed by atoms with van der Waals surface area (Å²) in [7, 11) is 0. The monoisotopic (exact) mass is 222 g/mol. The Morgan fingerprint density at radius 1 is 1.71 bits per heavy atom. The van der Waals surface area contributed by atoms with E-state index in [1.807, 2.05) is 0 Å². The summed E-state index contributed by atoms with van der Waals surface area (Å²) in [5, 5.41) is 11.0. The Labute approximate surface area is 84.8 Å². The number of alkyl halides is 2. The standard InChI is InChI=1S/C8H12F2N2OS/c1-6(7-2-11-5-14-7)12-3-8(9,10)4-13/h2,5-6,12-13H,3-4H2,1H3. The number of thiazole rings is 1. The smallest absolute Gasteiger partial charge is 0.282 e. The van der Waals surface area contributed by atoms with Gasteiger partial charge >= 0.3 is 0 Å². The Hall–Kier alpha value is -0.590. The first-order valence-corrected chi connectivity index (χ1v) is 5.03. The van der Waals surface area contributed by atoms with Gasteiger partial charge in [0, 0.05) is 17.1 Å². The van der Waals surface area contributed by atoms with Crippen molar-refractivity contribution in [3.05, 3.63) is 16.6 Å². The fourth-order valence-electron chi connectivity index (χ4n) is 0.898. The van der Waals surface area contributed by atoms with E-state index in [1.165, 1.54) is 11.3 Å². The molecule has 1 rings (SSSR count). The summed E-state index contributed by atoms with van der Waals surface area (Å²) in [5.41, 5.74) is 1.65. The van der Waals surface area contributed by atoms with Crippen molar-refractivity contribution in [2.75, 3.05) is 13.2 Å². The van der Waals surface area contributed by atoms with Gasteiger partial charge in [0.1, 0.15) is 6.61 Å². The van der Waals surface area contributed by atoms with Crippen LogP contribution in [0.4, 0.5) is 8.78 Å². The van der Waals surface area contributed by atoms with Crippen LogP contribution in [0.2, 0.25) is 0 Å². The third kappa shape index (κ3) is 3.28. The number of nitrogens with zero attached hydrogens (tertiary/aromatic N) is 1. The van der Waals surface area contributed by atoms with Gasteiger partial charge in [-0.2, -0.15) is 0 Å². The van der Waals surface area contributed by atoms with Crippen molar-refractivity contribution in [1.82, 2.24) is 10.3 Å². The van der Waals surface area contributed by atoms with E-state index in [0.29, 0.717) is 0 Å². The highest BCUT2D eigenvalue weighted by Crippen LogP contribution is 2.18. The summed E-state index contributed by atoms with van der Waals surface area (Å²) in [6, 6.07) is -0.167. The van der Waals surface area contributed by atoms with Crippen molar-refractivity contribution in [2.45, 2.75) is 18.9 Å². The molecule has 6 heteroatoms. The topological polar surface area (TPSA) is 45.1 Å². The lowest BCUT2D eigenvalue weighted by atomic mass is 10.2. The average molecular weight is 222 g/mol. The lowest BCUT2D eigenvalue weighted by Crippen LogP contribution is -2.36. The van der Waals surface area contributed by atoms with Crippen LogP contribution in [0.15, 0.2) is 11.7 Å². The predicted molar refractivity (Wildman–Crippen MR) is 50.6 cm³/mol. The summed E-state index contributed by atoms with van der Waals surface area (Å²) < 4.78 is 25.3. The highest BCUT2D eigenvalue weighted by molar-refractivity contribution is 7.09. The van der Waals surface area contributed by atoms with Gasteiger partial charge in [0.25, 0.3) is 5.92 Å². The van der Waals surface area contributed by atoms with E-state index in [2.05, 4.69) is 10.3 Å². The molecular formula is C8H12F2N2OS. The van der Waals surface area contributed by atoms with Gasteiger partial charge in [0.05, 0.1) is 12.1 Å². The Morgan fingerprint density at radius 3 is 2.93 bits per heavy atom. The number of nitrogens with one attached hydrogen (secondary N) is 1. The Morgan fingerprint density at radius 2 is 2.43 bits per heavy atom. The van der Waals surface area contributed by atoms with Gasteiger partial charge in [0.2, 0.25) is 0 Å². The van der Waals surface area contributed by atoms with E-state index in [9.17, 15) is 8.78 Å². The summed E-state index contributed by atoms with van der Waals surface area (Å²) in [4.78, 5) is 4.75. The molecule has 1 aromatic heterocycles. The number of aliphatic hydroxyl groups excluding tert-OH is 1. The van der Waals surface area contributed by atoms with E-state index >= 15 is 0 Å². The van der Waals surface area contributed by atoms with Gasteiger partial charge in [-0.25, -0.2) is 8.78 Å². The molecule has 0 aliphatic carbocycles. The maximum absolute atomic E-state index is 12.6. The van der Waals surface area contributed by atoms with Crippen LogP contribution < -0.4 is 5.32 Å². The first-order valence-electron chi connectivity index (χ1n) is 4.15. The molecule has 14 heavy (non-hydrogen) atoms. The predicted octanol–water partition coefficient (Wildman–Crippen LogP) is 1.42. The number of halogens is 2. The van der Waals surface area contributed by atoms with Crippen LogP contribution in [0, 0.1) is 0 Å². The quantitative estimate of drug-likeness (QED) is 0.792. The van der Waals surface area contributed by atoms with Crippen molar-refractivity contribution in [3.63, 3.8) is 0 Å². The van der Waals surface area contributed by atoms with E-state index in [1.54, 1.807) is 18.6 Å². The minimum Gasteiger partial charge on any atom is -0.390 e. The number of aromatic nitrogens is 1. The van der Waals surface area contributed by atoms with Crippen molar-refractivity contribution in [3.8, 4) is 0 Å². The number of hydrogen-bond donors (Lipinski definition) is 2. The summed E-state index contributed by atoms with van der Waals surface area (Å²) >= 11 is 1.41. The van der Waals surface area contributed by atoms with E-state index < -0.39 is 19.1 Å². The highest BCUT2D eigenvalue weighted by Gasteiger charge is 2.28. The van der Waals surface area contributed by atoms with Crippen LogP contribution in [-0.4, -0.2) is 29.2 Å². The van der Waals surface area contributed by atoms with Crippen molar-refractivity contribution in [2.24, 2.45) is 0 Å². The molecule has 1 unspecified atom stereocenters. The second-order valence-electron chi connectivity index (χ2n) is 3.02. The zero-order chi connectivity index (χ0) is 10.6. The van der Waals surface area contributed by atoms with Gasteiger partial charge in [-0.15, -0.1) is 11.3 Å². The van der Waals surface area contributed by atoms with Crippen LogP contribution >= 0.6 is 11.3 Å². The zero-order valence-corrected chi connectivity index (χ0v) is 8.52. The third-order valence-electron chi connectivity index (χ3n) is 1.78. The molecule has 1 aromatic rings. The molecule has 0 radical (unpaired) electrons. The fourth-order valence-corrected chi connectivity index (χ4v) is 1.55. The summed E-state index contributed by atoms with van der Waals surface area (Å²) in [5.74, 6) is -3.06. The molecule has 0 aromatic carbocycles. The molecule has 0 spiro atoms. The van der Waals surface area contributed by atoms with Crippen LogP contribution in [0.5, 0.6) is 0 Å². The van der Waals surface area contributed by atoms with Gasteiger partial charge in [-0.05, 0) is 6.92 Å². The second-order valence-corrected chi connectivity index (χ2v) is 3.94. The molecule has 0 bridgehead atoms. The van der Waals surface area contributed by atoms with Crippen molar-refractivity contribution in [1.29, 1.82) is 0 Å². The molecule has 1 atom stereocenters. The SMILES string of the molecule is CC(NCC(F)(F)CO)c1cncs1. The molecule has 0 aliphatic heterocycles. The summed E-state index contributed by atoms with van der Waals surface area (Å²) in [6.45, 7) is 0.124. The molecule has 0 fully saturated rings. The molecule has 3 nitrogen and oxygen atoms in total. The maximum atomic E-state index is 12.6. The Bertz CT molecular complexity index is 266. The van der Waals surface area contributed by atoms with Gasteiger partial charge in [-0.1, -0.05) is 0 Å². The molecule has 0 saturated heterocycles. The minimum absolute atomic E-state index is 0.167. The van der Waals surface area contributed by atoms with Crippen molar-refractivity contribution < 1.29 is 13.9 Å². The average Bonchev–Trinajstić information content (AvgIpc) is 2.67. The van der Waals surface area contributed by atoms with Gasteiger partial charge in [-0.3, -0.25) is 4.98 Å². The van der Waals surface area contributed by atoms with Crippen LogP contribution in [-0.2, 0) is 0 Å². The van der Waals surface area contributed by atoms with E-state index in [0.717, 1.165) is 4.88 Å². The number of rotatable bonds is 5. The molecule has 0 aliphatic rings. The lowest BCUT2D eigenvalue weighted by molar-refractivity contribution is -0.0490. The van der Waals surface area contributed by atoms with Crippen molar-refractivity contribution >= 4 is 11.3 Å². The molecule has 2 N–H and O–H groups in total. The first-order chi connectivity index (χ1) is 6.55.